The van der Waals surface area contributed by atoms with Crippen LogP contribution < -0.4 is 0 Å². The summed E-state index contributed by atoms with van der Waals surface area (Å²) in [5.74, 6) is -2.58. The van der Waals surface area contributed by atoms with Crippen molar-refractivity contribution < 1.29 is 19.8 Å². The highest BCUT2D eigenvalue weighted by Crippen LogP contribution is 2.37. The maximum atomic E-state index is 11.5. The van der Waals surface area contributed by atoms with E-state index in [0.29, 0.717) is 23.9 Å². The van der Waals surface area contributed by atoms with Gasteiger partial charge in [-0.1, -0.05) is 0 Å². The monoisotopic (exact) mass is 270 g/mol. The molecule has 1 aromatic heterocycles. The quantitative estimate of drug-likeness (QED) is 0.771. The first kappa shape index (κ1) is 12.2. The minimum absolute atomic E-state index is 0.162. The van der Waals surface area contributed by atoms with Crippen molar-refractivity contribution in [1.82, 2.24) is 4.98 Å². The van der Waals surface area contributed by atoms with E-state index in [-0.39, 0.29) is 22.1 Å². The number of fused-ring (bicyclic) bond motifs is 3. The Morgan fingerprint density at radius 1 is 1.15 bits per heavy atom. The van der Waals surface area contributed by atoms with Crippen LogP contribution in [0.4, 0.5) is 0 Å². The molecule has 1 aliphatic rings. The number of hydrogen-bond acceptors (Lipinski definition) is 3. The van der Waals surface area contributed by atoms with Gasteiger partial charge in [0.1, 0.15) is 6.07 Å². The highest BCUT2D eigenvalue weighted by Gasteiger charge is 2.31. The van der Waals surface area contributed by atoms with Crippen molar-refractivity contribution in [3.05, 3.63) is 34.0 Å². The molecule has 0 unspecified atom stereocenters. The standard InChI is InChI=1S/C14H10N2O4/c15-4-6-5-16-12-8-3-1-2-7(8)10(13(17)18)11(9(6)12)14(19)20/h5,16H,1-3H2,(H,17,18)(H,19,20). The van der Waals surface area contributed by atoms with Gasteiger partial charge >= 0.3 is 11.9 Å². The van der Waals surface area contributed by atoms with E-state index in [1.165, 1.54) is 6.20 Å². The van der Waals surface area contributed by atoms with Gasteiger partial charge in [-0.05, 0) is 30.4 Å². The second-order valence-corrected chi connectivity index (χ2v) is 4.74. The number of carboxylic acids is 2. The lowest BCUT2D eigenvalue weighted by atomic mass is 9.92. The lowest BCUT2D eigenvalue weighted by Gasteiger charge is -2.11. The van der Waals surface area contributed by atoms with Crippen LogP contribution in [0.15, 0.2) is 6.20 Å². The van der Waals surface area contributed by atoms with E-state index in [2.05, 4.69) is 4.98 Å². The summed E-state index contributed by atoms with van der Waals surface area (Å²) in [6.45, 7) is 0. The zero-order valence-corrected chi connectivity index (χ0v) is 10.4. The van der Waals surface area contributed by atoms with Crippen LogP contribution >= 0.6 is 0 Å². The number of H-pyrrole nitrogens is 1. The Balaban J connectivity index is 2.59. The molecule has 1 heterocycles. The molecule has 100 valence electrons. The normalized spacial score (nSPS) is 13.2. The third-order valence-corrected chi connectivity index (χ3v) is 3.75. The van der Waals surface area contributed by atoms with Crippen molar-refractivity contribution in [2.24, 2.45) is 0 Å². The predicted molar refractivity (Wildman–Crippen MR) is 69.0 cm³/mol. The van der Waals surface area contributed by atoms with E-state index in [9.17, 15) is 19.8 Å². The van der Waals surface area contributed by atoms with Gasteiger partial charge in [-0.2, -0.15) is 5.26 Å². The first-order chi connectivity index (χ1) is 9.56. The smallest absolute Gasteiger partial charge is 0.337 e. The molecule has 0 radical (unpaired) electrons. The number of benzene rings is 1. The molecule has 2 aromatic rings. The molecule has 6 nitrogen and oxygen atoms in total. The van der Waals surface area contributed by atoms with Gasteiger partial charge in [0.05, 0.1) is 22.2 Å². The molecular weight excluding hydrogens is 260 g/mol. The van der Waals surface area contributed by atoms with Crippen LogP contribution in [0.5, 0.6) is 0 Å². The van der Waals surface area contributed by atoms with E-state index in [4.69, 9.17) is 5.26 Å². The van der Waals surface area contributed by atoms with Crippen LogP contribution in [0.3, 0.4) is 0 Å². The molecule has 0 atom stereocenters. The van der Waals surface area contributed by atoms with Gasteiger partial charge in [0.15, 0.2) is 0 Å². The third kappa shape index (κ3) is 1.43. The molecule has 0 amide bonds. The fourth-order valence-electron chi connectivity index (χ4n) is 3.03. The van der Waals surface area contributed by atoms with Crippen molar-refractivity contribution in [3.63, 3.8) is 0 Å². The van der Waals surface area contributed by atoms with E-state index in [1.807, 2.05) is 6.07 Å². The maximum absolute atomic E-state index is 11.5. The molecule has 1 aromatic carbocycles. The topological polar surface area (TPSA) is 114 Å². The van der Waals surface area contributed by atoms with Gasteiger partial charge < -0.3 is 15.2 Å². The molecule has 0 aliphatic heterocycles. The summed E-state index contributed by atoms with van der Waals surface area (Å²) in [6, 6.07) is 1.92. The van der Waals surface area contributed by atoms with Crippen LogP contribution in [0.2, 0.25) is 0 Å². The van der Waals surface area contributed by atoms with E-state index < -0.39 is 11.9 Å². The summed E-state index contributed by atoms with van der Waals surface area (Å²) in [5, 5.41) is 28.1. The number of hydrogen-bond donors (Lipinski definition) is 3. The van der Waals surface area contributed by atoms with Crippen LogP contribution in [0.25, 0.3) is 10.9 Å². The highest BCUT2D eigenvalue weighted by molar-refractivity contribution is 6.14. The Kier molecular flexibility index (Phi) is 2.51. The molecule has 0 bridgehead atoms. The number of carbonyl (C=O) groups is 2. The van der Waals surface area contributed by atoms with Crippen molar-refractivity contribution in [1.29, 1.82) is 5.26 Å². The third-order valence-electron chi connectivity index (χ3n) is 3.75. The predicted octanol–water partition coefficient (Wildman–Crippen LogP) is 1.92. The summed E-state index contributed by atoms with van der Waals surface area (Å²) < 4.78 is 0. The van der Waals surface area contributed by atoms with Gasteiger partial charge in [-0.15, -0.1) is 0 Å². The Bertz CT molecular complexity index is 811. The second kappa shape index (κ2) is 4.10. The minimum atomic E-state index is -1.32. The number of aryl methyl sites for hydroxylation is 1. The van der Waals surface area contributed by atoms with E-state index >= 15 is 0 Å². The van der Waals surface area contributed by atoms with Gasteiger partial charge in [0, 0.05) is 11.6 Å². The number of aromatic carboxylic acids is 2. The second-order valence-electron chi connectivity index (χ2n) is 4.74. The van der Waals surface area contributed by atoms with Crippen molar-refractivity contribution in [3.8, 4) is 6.07 Å². The van der Waals surface area contributed by atoms with E-state index in [0.717, 1.165) is 12.0 Å². The molecule has 3 N–H and O–H groups in total. The molecule has 1 aliphatic carbocycles. The number of nitriles is 1. The van der Waals surface area contributed by atoms with E-state index in [1.54, 1.807) is 0 Å². The maximum Gasteiger partial charge on any atom is 0.337 e. The number of aromatic nitrogens is 1. The molecule has 20 heavy (non-hydrogen) atoms. The van der Waals surface area contributed by atoms with Crippen LogP contribution in [-0.2, 0) is 12.8 Å². The average molecular weight is 270 g/mol. The molecule has 6 heteroatoms. The molecule has 0 fully saturated rings. The Morgan fingerprint density at radius 3 is 2.40 bits per heavy atom. The summed E-state index contributed by atoms with van der Waals surface area (Å²) >= 11 is 0. The zero-order chi connectivity index (χ0) is 14.4. The molecule has 0 spiro atoms. The van der Waals surface area contributed by atoms with Crippen LogP contribution in [0.1, 0.15) is 43.8 Å². The van der Waals surface area contributed by atoms with Crippen molar-refractivity contribution in [2.45, 2.75) is 19.3 Å². The largest absolute Gasteiger partial charge is 0.478 e. The van der Waals surface area contributed by atoms with Gasteiger partial charge in [-0.25, -0.2) is 9.59 Å². The number of nitrogens with one attached hydrogen (secondary N) is 1. The van der Waals surface area contributed by atoms with Crippen molar-refractivity contribution >= 4 is 22.8 Å². The van der Waals surface area contributed by atoms with Gasteiger partial charge in [0.2, 0.25) is 0 Å². The molecule has 0 saturated heterocycles. The Morgan fingerprint density at radius 2 is 1.80 bits per heavy atom. The molecule has 3 rings (SSSR count). The van der Waals surface area contributed by atoms with Crippen molar-refractivity contribution in [2.75, 3.05) is 0 Å². The van der Waals surface area contributed by atoms with Gasteiger partial charge in [0.25, 0.3) is 0 Å². The SMILES string of the molecule is N#Cc1c[nH]c2c3c(c(C(=O)O)c(C(=O)O)c12)CCC3. The van der Waals surface area contributed by atoms with Gasteiger partial charge in [-0.3, -0.25) is 0 Å². The van der Waals surface area contributed by atoms with Crippen LogP contribution in [0, 0.1) is 11.3 Å². The fourth-order valence-corrected chi connectivity index (χ4v) is 3.03. The summed E-state index contributed by atoms with van der Waals surface area (Å²) in [4.78, 5) is 25.9. The first-order valence-electron chi connectivity index (χ1n) is 6.11. The average Bonchev–Trinajstić information content (AvgIpc) is 3.01. The lowest BCUT2D eigenvalue weighted by molar-refractivity contribution is 0.0652. The van der Waals surface area contributed by atoms with Crippen LogP contribution in [-0.4, -0.2) is 27.1 Å². The summed E-state index contributed by atoms with van der Waals surface area (Å²) in [7, 11) is 0. The number of rotatable bonds is 2. The Hall–Kier alpha value is -2.81. The minimum Gasteiger partial charge on any atom is -0.478 e. The number of nitrogens with zero attached hydrogens (tertiary/aromatic N) is 1. The fraction of sp³-hybridized carbons (Fsp3) is 0.214. The Labute approximate surface area is 113 Å². The number of carboxylic acid groups (broad SMARTS) is 2. The zero-order valence-electron chi connectivity index (χ0n) is 10.4. The summed E-state index contributed by atoms with van der Waals surface area (Å²) in [6.07, 6.45) is 3.46. The lowest BCUT2D eigenvalue weighted by Crippen LogP contribution is -2.13. The first-order valence-corrected chi connectivity index (χ1v) is 6.11. The number of aromatic amines is 1. The highest BCUT2D eigenvalue weighted by atomic mass is 16.4. The molecule has 0 saturated carbocycles. The molecular formula is C14H10N2O4. The summed E-state index contributed by atoms with van der Waals surface area (Å²) in [5.41, 5.74) is 1.68.